The van der Waals surface area contributed by atoms with E-state index in [9.17, 15) is 14.0 Å². The zero-order chi connectivity index (χ0) is 21.1. The third-order valence-corrected chi connectivity index (χ3v) is 6.24. The Bertz CT molecular complexity index is 942. The second kappa shape index (κ2) is 8.56. The quantitative estimate of drug-likeness (QED) is 0.822. The van der Waals surface area contributed by atoms with Gasteiger partial charge in [0.2, 0.25) is 5.91 Å². The van der Waals surface area contributed by atoms with Crippen LogP contribution in [0.2, 0.25) is 0 Å². The maximum atomic E-state index is 13.6. The Balaban J connectivity index is 1.56. The van der Waals surface area contributed by atoms with Gasteiger partial charge in [-0.2, -0.15) is 0 Å². The number of nitrogens with zero attached hydrogens (tertiary/aromatic N) is 1. The van der Waals surface area contributed by atoms with Crippen molar-refractivity contribution in [3.8, 4) is 11.1 Å². The summed E-state index contributed by atoms with van der Waals surface area (Å²) in [5, 5.41) is 0. The van der Waals surface area contributed by atoms with Gasteiger partial charge in [-0.1, -0.05) is 36.4 Å². The molecule has 0 aromatic heterocycles. The summed E-state index contributed by atoms with van der Waals surface area (Å²) in [5.41, 5.74) is 7.68. The first-order valence-corrected chi connectivity index (χ1v) is 10.5. The van der Waals surface area contributed by atoms with Crippen LogP contribution in [-0.4, -0.2) is 42.5 Å². The van der Waals surface area contributed by atoms with Crippen molar-refractivity contribution >= 4 is 11.8 Å². The van der Waals surface area contributed by atoms with Gasteiger partial charge in [0.1, 0.15) is 11.9 Å². The smallest absolute Gasteiger partial charge is 0.251 e. The summed E-state index contributed by atoms with van der Waals surface area (Å²) in [6.45, 7) is 1.54. The fourth-order valence-corrected chi connectivity index (χ4v) is 4.65. The van der Waals surface area contributed by atoms with Crippen molar-refractivity contribution in [1.82, 2.24) is 4.90 Å². The van der Waals surface area contributed by atoms with Crippen molar-refractivity contribution in [2.24, 2.45) is 11.1 Å². The topological polar surface area (TPSA) is 72.6 Å². The van der Waals surface area contributed by atoms with Crippen LogP contribution in [0.25, 0.3) is 11.1 Å². The van der Waals surface area contributed by atoms with Crippen LogP contribution in [0.15, 0.2) is 48.5 Å². The summed E-state index contributed by atoms with van der Waals surface area (Å²) < 4.78 is 19.2. The fraction of sp³-hybridized carbons (Fsp3) is 0.417. The van der Waals surface area contributed by atoms with E-state index in [-0.39, 0.29) is 17.6 Å². The van der Waals surface area contributed by atoms with Crippen LogP contribution in [-0.2, 0) is 20.7 Å². The Morgan fingerprint density at radius 2 is 1.90 bits per heavy atom. The maximum absolute atomic E-state index is 13.6. The number of hydrogen-bond acceptors (Lipinski definition) is 3. The number of amides is 2. The molecular formula is C24H27FN2O3. The van der Waals surface area contributed by atoms with Crippen LogP contribution in [0, 0.1) is 11.2 Å². The van der Waals surface area contributed by atoms with Crippen LogP contribution in [0.5, 0.6) is 0 Å². The van der Waals surface area contributed by atoms with Gasteiger partial charge in [-0.05, 0) is 60.9 Å². The molecule has 2 saturated heterocycles. The summed E-state index contributed by atoms with van der Waals surface area (Å²) in [4.78, 5) is 27.2. The highest BCUT2D eigenvalue weighted by Crippen LogP contribution is 2.35. The van der Waals surface area contributed by atoms with E-state index in [1.54, 1.807) is 11.0 Å². The minimum atomic E-state index is -0.812. The number of nitrogens with two attached hydrogens (primary N) is 1. The molecule has 2 unspecified atom stereocenters. The fourth-order valence-electron chi connectivity index (χ4n) is 4.65. The molecule has 0 radical (unpaired) electrons. The Morgan fingerprint density at radius 1 is 1.13 bits per heavy atom. The van der Waals surface area contributed by atoms with Gasteiger partial charge in [-0.25, -0.2) is 4.39 Å². The molecule has 2 N–H and O–H groups in total. The average Bonchev–Trinajstić information content (AvgIpc) is 3.28. The van der Waals surface area contributed by atoms with E-state index < -0.39 is 11.5 Å². The number of benzene rings is 2. The van der Waals surface area contributed by atoms with E-state index in [0.717, 1.165) is 36.0 Å². The Labute approximate surface area is 176 Å². The lowest BCUT2D eigenvalue weighted by Crippen LogP contribution is -2.55. The van der Waals surface area contributed by atoms with Crippen LogP contribution in [0.3, 0.4) is 0 Å². The minimum absolute atomic E-state index is 0.0358. The molecular weight excluding hydrogens is 383 g/mol. The van der Waals surface area contributed by atoms with E-state index >= 15 is 0 Å². The predicted octanol–water partition coefficient (Wildman–Crippen LogP) is 3.31. The number of likely N-dealkylation sites (tertiary alicyclic amines) is 1. The number of hydrogen-bond donors (Lipinski definition) is 1. The van der Waals surface area contributed by atoms with Crippen molar-refractivity contribution in [2.45, 2.75) is 38.2 Å². The Kier molecular flexibility index (Phi) is 5.86. The molecule has 2 amide bonds. The lowest BCUT2D eigenvalue weighted by Gasteiger charge is -2.41. The van der Waals surface area contributed by atoms with E-state index in [1.807, 2.05) is 30.3 Å². The van der Waals surface area contributed by atoms with Crippen LogP contribution in [0.4, 0.5) is 4.39 Å². The summed E-state index contributed by atoms with van der Waals surface area (Å²) in [5.74, 6) is -0.711. The lowest BCUT2D eigenvalue weighted by molar-refractivity contribution is -0.147. The molecule has 4 rings (SSSR count). The normalized spacial score (nSPS) is 24.0. The molecule has 158 valence electrons. The van der Waals surface area contributed by atoms with Gasteiger partial charge in [-0.15, -0.1) is 0 Å². The Morgan fingerprint density at radius 3 is 2.60 bits per heavy atom. The van der Waals surface area contributed by atoms with E-state index in [1.165, 1.54) is 12.1 Å². The maximum Gasteiger partial charge on any atom is 0.251 e. The molecule has 6 heteroatoms. The zero-order valence-electron chi connectivity index (χ0n) is 17.0. The number of rotatable bonds is 5. The highest BCUT2D eigenvalue weighted by atomic mass is 19.1. The number of ether oxygens (including phenoxy) is 1. The van der Waals surface area contributed by atoms with Gasteiger partial charge in [0.15, 0.2) is 0 Å². The molecule has 2 fully saturated rings. The van der Waals surface area contributed by atoms with Gasteiger partial charge in [0.05, 0.1) is 5.41 Å². The van der Waals surface area contributed by atoms with Gasteiger partial charge in [-0.3, -0.25) is 9.59 Å². The number of halogens is 1. The first-order chi connectivity index (χ1) is 14.5. The van der Waals surface area contributed by atoms with Crippen LogP contribution in [0.1, 0.15) is 31.2 Å². The molecule has 0 bridgehead atoms. The van der Waals surface area contributed by atoms with Crippen molar-refractivity contribution in [2.75, 3.05) is 19.7 Å². The van der Waals surface area contributed by atoms with E-state index in [4.69, 9.17) is 10.5 Å². The number of piperidine rings is 1. The molecule has 0 spiro atoms. The number of primary amides is 1. The Hall–Kier alpha value is -2.73. The minimum Gasteiger partial charge on any atom is -0.369 e. The highest BCUT2D eigenvalue weighted by Gasteiger charge is 2.43. The molecule has 2 aliphatic heterocycles. The zero-order valence-corrected chi connectivity index (χ0v) is 17.0. The predicted molar refractivity (Wildman–Crippen MR) is 112 cm³/mol. The SMILES string of the molecule is NC(=O)C1(Cc2cccc(-c3cccc(F)c3)c2)CCCN(C(=O)C2CCCO2)C1. The largest absolute Gasteiger partial charge is 0.369 e. The van der Waals surface area contributed by atoms with Gasteiger partial charge in [0.25, 0.3) is 5.91 Å². The number of carbonyl (C=O) groups excluding carboxylic acids is 2. The third-order valence-electron chi connectivity index (χ3n) is 6.24. The van der Waals surface area contributed by atoms with Crippen LogP contribution < -0.4 is 5.73 Å². The summed E-state index contributed by atoms with van der Waals surface area (Å²) >= 11 is 0. The van der Waals surface area contributed by atoms with Crippen molar-refractivity contribution in [3.63, 3.8) is 0 Å². The summed E-state index contributed by atoms with van der Waals surface area (Å²) in [7, 11) is 0. The van der Waals surface area contributed by atoms with Crippen molar-refractivity contribution in [3.05, 3.63) is 59.9 Å². The molecule has 2 atom stereocenters. The first kappa shape index (κ1) is 20.5. The molecule has 2 aromatic rings. The standard InChI is InChI=1S/C24H27FN2O3/c25-20-8-2-7-19(14-20)18-6-1-5-17(13-18)15-24(23(26)29)10-4-11-27(16-24)22(28)21-9-3-12-30-21/h1-2,5-8,13-14,21H,3-4,9-12,15-16H2,(H2,26,29). The number of carbonyl (C=O) groups is 2. The highest BCUT2D eigenvalue weighted by molar-refractivity contribution is 5.85. The van der Waals surface area contributed by atoms with Gasteiger partial charge < -0.3 is 15.4 Å². The van der Waals surface area contributed by atoms with Gasteiger partial charge >= 0.3 is 0 Å². The summed E-state index contributed by atoms with van der Waals surface area (Å²) in [6, 6.07) is 14.2. The summed E-state index contributed by atoms with van der Waals surface area (Å²) in [6.07, 6.45) is 3.03. The molecule has 5 nitrogen and oxygen atoms in total. The molecule has 0 aliphatic carbocycles. The van der Waals surface area contributed by atoms with E-state index in [0.29, 0.717) is 32.5 Å². The third kappa shape index (κ3) is 4.24. The average molecular weight is 410 g/mol. The van der Waals surface area contributed by atoms with Crippen LogP contribution >= 0.6 is 0 Å². The molecule has 2 aliphatic rings. The first-order valence-electron chi connectivity index (χ1n) is 10.5. The van der Waals surface area contributed by atoms with Gasteiger partial charge in [0, 0.05) is 19.7 Å². The lowest BCUT2D eigenvalue weighted by atomic mass is 9.74. The second-order valence-corrected chi connectivity index (χ2v) is 8.40. The second-order valence-electron chi connectivity index (χ2n) is 8.40. The molecule has 2 aromatic carbocycles. The van der Waals surface area contributed by atoms with E-state index in [2.05, 4.69) is 0 Å². The van der Waals surface area contributed by atoms with Crippen molar-refractivity contribution in [1.29, 1.82) is 0 Å². The molecule has 30 heavy (non-hydrogen) atoms. The molecule has 0 saturated carbocycles. The molecule has 2 heterocycles. The van der Waals surface area contributed by atoms with Crippen molar-refractivity contribution < 1.29 is 18.7 Å². The monoisotopic (exact) mass is 410 g/mol.